The maximum Gasteiger partial charge on any atom is 0.303 e. The van der Waals surface area contributed by atoms with Crippen molar-refractivity contribution in [3.05, 3.63) is 33.7 Å². The van der Waals surface area contributed by atoms with Crippen molar-refractivity contribution in [2.24, 2.45) is 0 Å². The number of carboxylic acids is 1. The van der Waals surface area contributed by atoms with Crippen molar-refractivity contribution in [3.63, 3.8) is 0 Å². The molecule has 1 aromatic carbocycles. The monoisotopic (exact) mass is 341 g/mol. The zero-order valence-electron chi connectivity index (χ0n) is 10.2. The van der Waals surface area contributed by atoms with Crippen molar-refractivity contribution in [3.8, 4) is 16.3 Å². The number of hydrogen-bond donors (Lipinski definition) is 1. The zero-order valence-corrected chi connectivity index (χ0v) is 12.6. The fourth-order valence-electron chi connectivity index (χ4n) is 1.59. The van der Waals surface area contributed by atoms with Crippen molar-refractivity contribution < 1.29 is 14.6 Å². The molecule has 100 valence electrons. The average Bonchev–Trinajstić information content (AvgIpc) is 2.85. The number of nitrogens with zero attached hydrogens (tertiary/aromatic N) is 1. The van der Waals surface area contributed by atoms with Crippen molar-refractivity contribution >= 4 is 33.2 Å². The van der Waals surface area contributed by atoms with Crippen LogP contribution < -0.4 is 4.74 Å². The first-order valence-corrected chi connectivity index (χ1v) is 7.27. The van der Waals surface area contributed by atoms with E-state index in [0.717, 1.165) is 26.5 Å². The second-order valence-corrected chi connectivity index (χ2v) is 5.60. The highest BCUT2D eigenvalue weighted by Crippen LogP contribution is 2.32. The summed E-state index contributed by atoms with van der Waals surface area (Å²) in [4.78, 5) is 15.0. The third kappa shape index (κ3) is 3.54. The summed E-state index contributed by atoms with van der Waals surface area (Å²) in [5.41, 5.74) is 1.80. The second-order valence-electron chi connectivity index (χ2n) is 3.89. The fraction of sp³-hybridized carbons (Fsp3) is 0.231. The standard InChI is InChI=1S/C13H12BrNO3S/c1-18-11-4-2-8(6-10(11)14)13-15-9(7-19-13)3-5-12(16)17/h2,4,6-7H,3,5H2,1H3,(H,16,17). The van der Waals surface area contributed by atoms with E-state index in [4.69, 9.17) is 9.84 Å². The molecular weight excluding hydrogens is 330 g/mol. The van der Waals surface area contributed by atoms with Crippen molar-refractivity contribution in [2.75, 3.05) is 7.11 Å². The van der Waals surface area contributed by atoms with Gasteiger partial charge in [0.25, 0.3) is 0 Å². The zero-order chi connectivity index (χ0) is 13.8. The molecule has 0 saturated carbocycles. The predicted molar refractivity (Wildman–Crippen MR) is 77.8 cm³/mol. The summed E-state index contributed by atoms with van der Waals surface area (Å²) in [6, 6.07) is 5.75. The van der Waals surface area contributed by atoms with Crippen LogP contribution in [-0.4, -0.2) is 23.2 Å². The molecule has 0 amide bonds. The molecule has 0 fully saturated rings. The number of aromatic nitrogens is 1. The highest BCUT2D eigenvalue weighted by Gasteiger charge is 2.08. The van der Waals surface area contributed by atoms with E-state index in [2.05, 4.69) is 20.9 Å². The van der Waals surface area contributed by atoms with Crippen molar-refractivity contribution in [2.45, 2.75) is 12.8 Å². The van der Waals surface area contributed by atoms with Gasteiger partial charge in [-0.15, -0.1) is 11.3 Å². The van der Waals surface area contributed by atoms with Crippen LogP contribution in [0.3, 0.4) is 0 Å². The van der Waals surface area contributed by atoms with Crippen LogP contribution in [0.5, 0.6) is 5.75 Å². The number of halogens is 1. The third-order valence-corrected chi connectivity index (χ3v) is 4.11. The summed E-state index contributed by atoms with van der Waals surface area (Å²) in [6.07, 6.45) is 0.568. The van der Waals surface area contributed by atoms with Crippen LogP contribution in [0.1, 0.15) is 12.1 Å². The quantitative estimate of drug-likeness (QED) is 0.902. The van der Waals surface area contributed by atoms with Crippen LogP contribution in [0.15, 0.2) is 28.1 Å². The number of aliphatic carboxylic acids is 1. The molecule has 1 heterocycles. The molecule has 2 aromatic rings. The molecule has 0 bridgehead atoms. The Labute approximate surface area is 123 Å². The molecule has 0 aliphatic rings. The van der Waals surface area contributed by atoms with Gasteiger partial charge >= 0.3 is 5.97 Å². The molecule has 0 unspecified atom stereocenters. The van der Waals surface area contributed by atoms with E-state index in [1.165, 1.54) is 11.3 Å². The lowest BCUT2D eigenvalue weighted by molar-refractivity contribution is -0.136. The summed E-state index contributed by atoms with van der Waals surface area (Å²) >= 11 is 4.95. The Kier molecular flexibility index (Phi) is 4.55. The molecule has 0 saturated heterocycles. The van der Waals surface area contributed by atoms with E-state index in [1.54, 1.807) is 7.11 Å². The molecule has 0 spiro atoms. The molecule has 0 radical (unpaired) electrons. The van der Waals surface area contributed by atoms with Gasteiger partial charge in [0, 0.05) is 17.4 Å². The summed E-state index contributed by atoms with van der Waals surface area (Å²) in [5.74, 6) is -0.0341. The minimum Gasteiger partial charge on any atom is -0.496 e. The Hall–Kier alpha value is -1.40. The number of carbonyl (C=O) groups is 1. The highest BCUT2D eigenvalue weighted by molar-refractivity contribution is 9.10. The first kappa shape index (κ1) is 14.0. The number of ether oxygens (including phenoxy) is 1. The average molecular weight is 342 g/mol. The van der Waals surface area contributed by atoms with E-state index < -0.39 is 5.97 Å². The van der Waals surface area contributed by atoms with Gasteiger partial charge in [0.2, 0.25) is 0 Å². The van der Waals surface area contributed by atoms with Crippen molar-refractivity contribution in [1.82, 2.24) is 4.98 Å². The van der Waals surface area contributed by atoms with Gasteiger partial charge in [0.05, 0.1) is 23.7 Å². The highest BCUT2D eigenvalue weighted by atomic mass is 79.9. The lowest BCUT2D eigenvalue weighted by Crippen LogP contribution is -1.97. The van der Waals surface area contributed by atoms with Crippen molar-refractivity contribution in [1.29, 1.82) is 0 Å². The van der Waals surface area contributed by atoms with Crippen LogP contribution >= 0.6 is 27.3 Å². The minimum atomic E-state index is -0.804. The molecule has 0 atom stereocenters. The van der Waals surface area contributed by atoms with Gasteiger partial charge in [0.15, 0.2) is 0 Å². The van der Waals surface area contributed by atoms with E-state index in [1.807, 2.05) is 23.6 Å². The number of hydrogen-bond acceptors (Lipinski definition) is 4. The SMILES string of the molecule is COc1ccc(-c2nc(CCC(=O)O)cs2)cc1Br. The molecule has 4 nitrogen and oxygen atoms in total. The van der Waals surface area contributed by atoms with Gasteiger partial charge < -0.3 is 9.84 Å². The molecule has 6 heteroatoms. The number of thiazole rings is 1. The minimum absolute atomic E-state index is 0.107. The summed E-state index contributed by atoms with van der Waals surface area (Å²) < 4.78 is 6.05. The first-order valence-electron chi connectivity index (χ1n) is 5.60. The Morgan fingerprint density at radius 2 is 2.32 bits per heavy atom. The molecule has 0 aliphatic carbocycles. The first-order chi connectivity index (χ1) is 9.10. The Morgan fingerprint density at radius 3 is 2.95 bits per heavy atom. The molecule has 2 rings (SSSR count). The number of methoxy groups -OCH3 is 1. The van der Waals surface area contributed by atoms with E-state index in [-0.39, 0.29) is 6.42 Å². The van der Waals surface area contributed by atoms with Crippen LogP contribution in [-0.2, 0) is 11.2 Å². The van der Waals surface area contributed by atoms with E-state index in [0.29, 0.717) is 6.42 Å². The van der Waals surface area contributed by atoms with Gasteiger partial charge in [-0.2, -0.15) is 0 Å². The van der Waals surface area contributed by atoms with E-state index >= 15 is 0 Å². The Bertz CT molecular complexity index is 597. The smallest absolute Gasteiger partial charge is 0.303 e. The lowest BCUT2D eigenvalue weighted by atomic mass is 10.2. The maximum atomic E-state index is 10.5. The normalized spacial score (nSPS) is 10.4. The lowest BCUT2D eigenvalue weighted by Gasteiger charge is -2.04. The second kappa shape index (κ2) is 6.16. The van der Waals surface area contributed by atoms with Gasteiger partial charge in [-0.1, -0.05) is 0 Å². The Morgan fingerprint density at radius 1 is 1.53 bits per heavy atom. The number of rotatable bonds is 5. The topological polar surface area (TPSA) is 59.4 Å². The van der Waals surface area contributed by atoms with Crippen LogP contribution in [0.2, 0.25) is 0 Å². The fourth-order valence-corrected chi connectivity index (χ4v) is 2.98. The predicted octanol–water partition coefficient (Wildman–Crippen LogP) is 3.60. The molecular formula is C13H12BrNO3S. The largest absolute Gasteiger partial charge is 0.496 e. The van der Waals surface area contributed by atoms with Crippen LogP contribution in [0.4, 0.5) is 0 Å². The number of benzene rings is 1. The molecule has 0 aliphatic heterocycles. The summed E-state index contributed by atoms with van der Waals surface area (Å²) in [6.45, 7) is 0. The third-order valence-electron chi connectivity index (χ3n) is 2.55. The van der Waals surface area contributed by atoms with Crippen LogP contribution in [0, 0.1) is 0 Å². The van der Waals surface area contributed by atoms with Gasteiger partial charge in [-0.3, -0.25) is 4.79 Å². The molecule has 19 heavy (non-hydrogen) atoms. The van der Waals surface area contributed by atoms with E-state index in [9.17, 15) is 4.79 Å². The summed E-state index contributed by atoms with van der Waals surface area (Å²) in [5, 5.41) is 11.4. The number of carboxylic acid groups (broad SMARTS) is 1. The maximum absolute atomic E-state index is 10.5. The molecule has 1 N–H and O–H groups in total. The number of aryl methyl sites for hydroxylation is 1. The van der Waals surface area contributed by atoms with Gasteiger partial charge in [-0.05, 0) is 34.1 Å². The van der Waals surface area contributed by atoms with Gasteiger partial charge in [0.1, 0.15) is 10.8 Å². The van der Waals surface area contributed by atoms with Gasteiger partial charge in [-0.25, -0.2) is 4.98 Å². The summed E-state index contributed by atoms with van der Waals surface area (Å²) in [7, 11) is 1.62. The Balaban J connectivity index is 2.18. The van der Waals surface area contributed by atoms with Crippen LogP contribution in [0.25, 0.3) is 10.6 Å². The molecule has 1 aromatic heterocycles.